The normalized spacial score (nSPS) is 20.4. The average molecular weight is 290 g/mol. The van der Waals surface area contributed by atoms with Gasteiger partial charge in [-0.15, -0.1) is 0 Å². The van der Waals surface area contributed by atoms with Crippen LogP contribution in [0.15, 0.2) is 18.5 Å². The van der Waals surface area contributed by atoms with E-state index >= 15 is 0 Å². The molecular formula is C16H22N2O3. The summed E-state index contributed by atoms with van der Waals surface area (Å²) in [5.74, 6) is 0. The predicted molar refractivity (Wildman–Crippen MR) is 77.7 cm³/mol. The number of rotatable bonds is 0. The van der Waals surface area contributed by atoms with Crippen LogP contribution in [0.5, 0.6) is 0 Å². The van der Waals surface area contributed by atoms with Crippen molar-refractivity contribution in [3.63, 3.8) is 0 Å². The number of piperidine rings is 1. The molecule has 0 saturated carbocycles. The molecule has 0 aromatic carbocycles. The van der Waals surface area contributed by atoms with Crippen LogP contribution in [0.1, 0.15) is 44.7 Å². The number of likely N-dealkylation sites (tertiary alicyclic amines) is 1. The monoisotopic (exact) mass is 290 g/mol. The Balaban J connectivity index is 1.68. The van der Waals surface area contributed by atoms with Gasteiger partial charge in [0.05, 0.1) is 12.2 Å². The Hall–Kier alpha value is -1.62. The molecule has 5 nitrogen and oxygen atoms in total. The fourth-order valence-electron chi connectivity index (χ4n) is 3.04. The van der Waals surface area contributed by atoms with Crippen molar-refractivity contribution in [3.8, 4) is 0 Å². The zero-order chi connectivity index (χ0) is 15.1. The lowest BCUT2D eigenvalue weighted by atomic mass is 9.85. The molecule has 0 radical (unpaired) electrons. The molecule has 2 aliphatic heterocycles. The van der Waals surface area contributed by atoms with Gasteiger partial charge >= 0.3 is 6.09 Å². The second kappa shape index (κ2) is 4.98. The Morgan fingerprint density at radius 3 is 2.76 bits per heavy atom. The number of fused-ring (bicyclic) bond motifs is 2. The van der Waals surface area contributed by atoms with E-state index in [9.17, 15) is 4.79 Å². The van der Waals surface area contributed by atoms with E-state index in [-0.39, 0.29) is 11.7 Å². The van der Waals surface area contributed by atoms with E-state index in [2.05, 4.69) is 4.98 Å². The van der Waals surface area contributed by atoms with Crippen molar-refractivity contribution in [3.05, 3.63) is 29.6 Å². The van der Waals surface area contributed by atoms with Crippen molar-refractivity contribution in [2.45, 2.75) is 51.4 Å². The summed E-state index contributed by atoms with van der Waals surface area (Å²) in [6.07, 6.45) is 5.07. The third kappa shape index (κ3) is 2.75. The van der Waals surface area contributed by atoms with Crippen LogP contribution in [0, 0.1) is 0 Å². The first-order valence-electron chi connectivity index (χ1n) is 7.45. The number of aromatic nitrogens is 1. The summed E-state index contributed by atoms with van der Waals surface area (Å²) < 4.78 is 11.5. The number of hydrogen-bond donors (Lipinski definition) is 0. The molecule has 1 saturated heterocycles. The third-order valence-electron chi connectivity index (χ3n) is 4.13. The highest BCUT2D eigenvalue weighted by Crippen LogP contribution is 2.43. The smallest absolute Gasteiger partial charge is 0.410 e. The molecule has 21 heavy (non-hydrogen) atoms. The van der Waals surface area contributed by atoms with E-state index in [1.165, 1.54) is 11.1 Å². The molecule has 0 N–H and O–H groups in total. The molecule has 2 aliphatic rings. The first-order chi connectivity index (χ1) is 9.90. The highest BCUT2D eigenvalue weighted by molar-refractivity contribution is 5.68. The Morgan fingerprint density at radius 1 is 1.38 bits per heavy atom. The van der Waals surface area contributed by atoms with Crippen LogP contribution in [0.2, 0.25) is 0 Å². The van der Waals surface area contributed by atoms with Crippen molar-refractivity contribution >= 4 is 6.09 Å². The van der Waals surface area contributed by atoms with Gasteiger partial charge in [-0.3, -0.25) is 4.98 Å². The Morgan fingerprint density at radius 2 is 2.10 bits per heavy atom. The second-order valence-corrected chi connectivity index (χ2v) is 6.78. The second-order valence-electron chi connectivity index (χ2n) is 6.78. The van der Waals surface area contributed by atoms with Gasteiger partial charge in [0.2, 0.25) is 0 Å². The van der Waals surface area contributed by atoms with Gasteiger partial charge in [-0.25, -0.2) is 4.79 Å². The van der Waals surface area contributed by atoms with Crippen LogP contribution < -0.4 is 0 Å². The number of amides is 1. The van der Waals surface area contributed by atoms with Crippen LogP contribution in [-0.4, -0.2) is 34.7 Å². The number of hydrogen-bond acceptors (Lipinski definition) is 4. The molecule has 0 atom stereocenters. The van der Waals surface area contributed by atoms with E-state index in [0.717, 1.165) is 12.8 Å². The van der Waals surface area contributed by atoms with Crippen LogP contribution in [0.3, 0.4) is 0 Å². The van der Waals surface area contributed by atoms with Gasteiger partial charge in [0.1, 0.15) is 5.60 Å². The third-order valence-corrected chi connectivity index (χ3v) is 4.13. The molecule has 3 rings (SSSR count). The molecule has 114 valence electrons. The summed E-state index contributed by atoms with van der Waals surface area (Å²) in [6, 6.07) is 2.02. The maximum Gasteiger partial charge on any atom is 0.410 e. The van der Waals surface area contributed by atoms with Crippen molar-refractivity contribution in [1.29, 1.82) is 0 Å². The lowest BCUT2D eigenvalue weighted by molar-refractivity contribution is -0.0798. The zero-order valence-electron chi connectivity index (χ0n) is 12.9. The Kier molecular flexibility index (Phi) is 3.40. The minimum absolute atomic E-state index is 0.234. The molecule has 3 heterocycles. The van der Waals surface area contributed by atoms with Crippen LogP contribution in [0.25, 0.3) is 0 Å². The maximum absolute atomic E-state index is 12.1. The fourth-order valence-corrected chi connectivity index (χ4v) is 3.04. The molecule has 1 fully saturated rings. The lowest BCUT2D eigenvalue weighted by Crippen LogP contribution is -2.46. The molecule has 0 unspecified atom stereocenters. The topological polar surface area (TPSA) is 51.7 Å². The van der Waals surface area contributed by atoms with Crippen molar-refractivity contribution in [2.24, 2.45) is 0 Å². The standard InChI is InChI=1S/C16H22N2O3/c1-15(2,3)21-14(19)18-8-5-16(6-9-18)13-10-17-7-4-12(13)11-20-16/h4,7,10H,5-6,8-9,11H2,1-3H3. The van der Waals surface area contributed by atoms with E-state index in [1.54, 1.807) is 11.1 Å². The number of carbonyl (C=O) groups is 1. The van der Waals surface area contributed by atoms with Gasteiger partial charge in [-0.2, -0.15) is 0 Å². The largest absolute Gasteiger partial charge is 0.444 e. The van der Waals surface area contributed by atoms with Gasteiger partial charge in [0, 0.05) is 31.0 Å². The van der Waals surface area contributed by atoms with Crippen molar-refractivity contribution in [2.75, 3.05) is 13.1 Å². The van der Waals surface area contributed by atoms with E-state index in [1.807, 2.05) is 33.0 Å². The summed E-state index contributed by atoms with van der Waals surface area (Å²) in [6.45, 7) is 7.62. The molecule has 1 spiro atoms. The molecular weight excluding hydrogens is 268 g/mol. The fraction of sp³-hybridized carbons (Fsp3) is 0.625. The maximum atomic E-state index is 12.1. The summed E-state index contributed by atoms with van der Waals surface area (Å²) in [4.78, 5) is 18.1. The summed E-state index contributed by atoms with van der Waals surface area (Å²) in [5, 5.41) is 0. The highest BCUT2D eigenvalue weighted by Gasteiger charge is 2.44. The van der Waals surface area contributed by atoms with E-state index in [4.69, 9.17) is 9.47 Å². The van der Waals surface area contributed by atoms with Gasteiger partial charge in [0.25, 0.3) is 0 Å². The molecule has 0 aliphatic carbocycles. The average Bonchev–Trinajstić information content (AvgIpc) is 2.77. The molecule has 5 heteroatoms. The molecule has 1 aromatic heterocycles. The van der Waals surface area contributed by atoms with Crippen LogP contribution in [0.4, 0.5) is 4.79 Å². The SMILES string of the molecule is CC(C)(C)OC(=O)N1CCC2(CC1)OCc1ccncc12. The predicted octanol–water partition coefficient (Wildman–Crippen LogP) is 2.84. The number of nitrogens with zero attached hydrogens (tertiary/aromatic N) is 2. The zero-order valence-corrected chi connectivity index (χ0v) is 12.9. The summed E-state index contributed by atoms with van der Waals surface area (Å²) in [7, 11) is 0. The summed E-state index contributed by atoms with van der Waals surface area (Å²) >= 11 is 0. The van der Waals surface area contributed by atoms with Gasteiger partial charge in [-0.05, 0) is 45.2 Å². The number of carbonyl (C=O) groups excluding carboxylic acids is 1. The van der Waals surface area contributed by atoms with Crippen molar-refractivity contribution < 1.29 is 14.3 Å². The molecule has 1 amide bonds. The van der Waals surface area contributed by atoms with Crippen LogP contribution >= 0.6 is 0 Å². The Labute approximate surface area is 125 Å². The van der Waals surface area contributed by atoms with Gasteiger partial charge in [0.15, 0.2) is 0 Å². The Bertz CT molecular complexity index is 543. The quantitative estimate of drug-likeness (QED) is 0.737. The molecule has 1 aromatic rings. The van der Waals surface area contributed by atoms with E-state index < -0.39 is 5.60 Å². The first-order valence-corrected chi connectivity index (χ1v) is 7.45. The van der Waals surface area contributed by atoms with E-state index in [0.29, 0.717) is 19.7 Å². The number of pyridine rings is 1. The van der Waals surface area contributed by atoms with Gasteiger partial charge < -0.3 is 14.4 Å². The van der Waals surface area contributed by atoms with Crippen LogP contribution in [-0.2, 0) is 21.7 Å². The first kappa shape index (κ1) is 14.3. The number of ether oxygens (including phenoxy) is 2. The molecule has 0 bridgehead atoms. The van der Waals surface area contributed by atoms with Gasteiger partial charge in [-0.1, -0.05) is 0 Å². The lowest BCUT2D eigenvalue weighted by Gasteiger charge is -2.39. The van der Waals surface area contributed by atoms with Crippen molar-refractivity contribution in [1.82, 2.24) is 9.88 Å². The minimum atomic E-state index is -0.452. The minimum Gasteiger partial charge on any atom is -0.444 e. The summed E-state index contributed by atoms with van der Waals surface area (Å²) in [5.41, 5.74) is 1.69. The highest BCUT2D eigenvalue weighted by atomic mass is 16.6.